The molecule has 0 N–H and O–H groups in total. The number of pyridine rings is 2. The van der Waals surface area contributed by atoms with E-state index in [1.807, 2.05) is 30.1 Å². The quantitative estimate of drug-likeness (QED) is 0.435. The minimum absolute atomic E-state index is 0.365. The van der Waals surface area contributed by atoms with Crippen LogP contribution < -0.4 is 4.90 Å². The highest BCUT2D eigenvalue weighted by Crippen LogP contribution is 2.31. The number of methoxy groups -OCH3 is 1. The van der Waals surface area contributed by atoms with Crippen LogP contribution in [0.5, 0.6) is 0 Å². The number of aryl methyl sites for hydroxylation is 1. The predicted octanol–water partition coefficient (Wildman–Crippen LogP) is 3.44. The fourth-order valence-corrected chi connectivity index (χ4v) is 4.64. The zero-order chi connectivity index (χ0) is 23.1. The van der Waals surface area contributed by atoms with Crippen LogP contribution in [0.2, 0.25) is 0 Å². The first-order valence-electron chi connectivity index (χ1n) is 11.1. The van der Waals surface area contributed by atoms with Crippen molar-refractivity contribution in [3.8, 4) is 11.4 Å². The Morgan fingerprint density at radius 1 is 1.12 bits per heavy atom. The molecule has 0 aliphatic carbocycles. The minimum atomic E-state index is -0.440. The lowest BCUT2D eigenvalue weighted by molar-refractivity contribution is 0.0600. The molecule has 5 heterocycles. The Morgan fingerprint density at radius 2 is 1.91 bits per heavy atom. The summed E-state index contributed by atoms with van der Waals surface area (Å²) in [5, 5.41) is 4.51. The molecule has 0 unspecified atom stereocenters. The number of nitrogens with zero attached hydrogens (tertiary/aromatic N) is 7. The molecule has 0 radical (unpaired) electrons. The fraction of sp³-hybridized carbons (Fsp3) is 0.375. The Balaban J connectivity index is 1.58. The summed E-state index contributed by atoms with van der Waals surface area (Å²) in [6, 6.07) is 8.75. The van der Waals surface area contributed by atoms with Gasteiger partial charge >= 0.3 is 5.97 Å². The third-order valence-electron chi connectivity index (χ3n) is 6.32. The van der Waals surface area contributed by atoms with Crippen LogP contribution in [0.3, 0.4) is 0 Å². The molecule has 5 rings (SSSR count). The van der Waals surface area contributed by atoms with E-state index >= 15 is 0 Å². The Morgan fingerprint density at radius 3 is 2.55 bits per heavy atom. The molecule has 4 aromatic heterocycles. The number of aromatic nitrogens is 6. The predicted molar refractivity (Wildman–Crippen MR) is 125 cm³/mol. The summed E-state index contributed by atoms with van der Waals surface area (Å²) in [5.74, 6) is 1.27. The molecule has 0 amide bonds. The van der Waals surface area contributed by atoms with Crippen molar-refractivity contribution in [3.05, 3.63) is 54.1 Å². The number of hydrogen-bond donors (Lipinski definition) is 0. The van der Waals surface area contributed by atoms with E-state index in [2.05, 4.69) is 41.0 Å². The number of rotatable bonds is 5. The van der Waals surface area contributed by atoms with Gasteiger partial charge in [-0.3, -0.25) is 4.68 Å². The average Bonchev–Trinajstić information content (AvgIpc) is 3.50. The molecule has 1 aliphatic rings. The number of fused-ring (bicyclic) bond motifs is 1. The molecule has 0 spiro atoms. The molecule has 1 aliphatic heterocycles. The first-order valence-corrected chi connectivity index (χ1v) is 11.1. The standard InChI is InChI=1S/C24H27N7O2/c1-15-5-6-16(2)31(15)21-8-7-17(12-25-21)22-27-20-11-18(24(32)33-4)13-26-23(20)30(22)14-19-9-10-29(3)28-19/h7-13,15-16H,5-6,14H2,1-4H3/t15-,16-/m0/s1. The smallest absolute Gasteiger partial charge is 0.339 e. The van der Waals surface area contributed by atoms with E-state index < -0.39 is 5.97 Å². The summed E-state index contributed by atoms with van der Waals surface area (Å²) in [7, 11) is 3.24. The van der Waals surface area contributed by atoms with Crippen molar-refractivity contribution >= 4 is 23.0 Å². The van der Waals surface area contributed by atoms with E-state index in [-0.39, 0.29) is 0 Å². The topological polar surface area (TPSA) is 91.0 Å². The Bertz CT molecular complexity index is 1300. The van der Waals surface area contributed by atoms with Gasteiger partial charge in [0.15, 0.2) is 5.65 Å². The molecular formula is C24H27N7O2. The van der Waals surface area contributed by atoms with Gasteiger partial charge in [-0.05, 0) is 51.0 Å². The molecule has 1 saturated heterocycles. The van der Waals surface area contributed by atoms with E-state index in [1.54, 1.807) is 10.7 Å². The largest absolute Gasteiger partial charge is 0.465 e. The fourth-order valence-electron chi connectivity index (χ4n) is 4.64. The lowest BCUT2D eigenvalue weighted by Crippen LogP contribution is -2.33. The van der Waals surface area contributed by atoms with Crippen molar-refractivity contribution in [2.45, 2.75) is 45.3 Å². The highest BCUT2D eigenvalue weighted by molar-refractivity contribution is 5.92. The highest BCUT2D eigenvalue weighted by atomic mass is 16.5. The average molecular weight is 446 g/mol. The van der Waals surface area contributed by atoms with E-state index in [0.717, 1.165) is 22.9 Å². The monoisotopic (exact) mass is 445 g/mol. The van der Waals surface area contributed by atoms with E-state index in [1.165, 1.54) is 26.1 Å². The van der Waals surface area contributed by atoms with Crippen molar-refractivity contribution in [2.24, 2.45) is 7.05 Å². The Kier molecular flexibility index (Phi) is 5.32. The number of esters is 1. The van der Waals surface area contributed by atoms with Crippen molar-refractivity contribution in [1.82, 2.24) is 29.3 Å². The molecular weight excluding hydrogens is 418 g/mol. The molecule has 1 fully saturated rings. The van der Waals surface area contributed by atoms with Crippen LogP contribution in [0.4, 0.5) is 5.82 Å². The van der Waals surface area contributed by atoms with Crippen LogP contribution in [0.25, 0.3) is 22.6 Å². The molecule has 0 aromatic carbocycles. The first-order chi connectivity index (χ1) is 15.9. The molecule has 33 heavy (non-hydrogen) atoms. The maximum absolute atomic E-state index is 12.0. The number of imidazole rings is 1. The van der Waals surface area contributed by atoms with Gasteiger partial charge in [-0.25, -0.2) is 19.7 Å². The molecule has 0 bridgehead atoms. The number of hydrogen-bond acceptors (Lipinski definition) is 7. The van der Waals surface area contributed by atoms with Gasteiger partial charge in [0.1, 0.15) is 17.2 Å². The lowest BCUT2D eigenvalue weighted by atomic mass is 10.2. The molecule has 9 nitrogen and oxygen atoms in total. The van der Waals surface area contributed by atoms with E-state index in [4.69, 9.17) is 14.7 Å². The maximum Gasteiger partial charge on any atom is 0.339 e. The van der Waals surface area contributed by atoms with Gasteiger partial charge in [-0.15, -0.1) is 0 Å². The van der Waals surface area contributed by atoms with Gasteiger partial charge in [0.25, 0.3) is 0 Å². The second kappa shape index (κ2) is 8.31. The Labute approximate surface area is 192 Å². The van der Waals surface area contributed by atoms with Gasteiger partial charge in [-0.1, -0.05) is 0 Å². The van der Waals surface area contributed by atoms with Crippen LogP contribution in [-0.2, 0) is 18.3 Å². The second-order valence-corrected chi connectivity index (χ2v) is 8.65. The van der Waals surface area contributed by atoms with Crippen LogP contribution >= 0.6 is 0 Å². The zero-order valence-corrected chi connectivity index (χ0v) is 19.3. The van der Waals surface area contributed by atoms with Crippen LogP contribution in [0.15, 0.2) is 42.9 Å². The van der Waals surface area contributed by atoms with Crippen molar-refractivity contribution in [2.75, 3.05) is 12.0 Å². The van der Waals surface area contributed by atoms with Crippen molar-refractivity contribution in [3.63, 3.8) is 0 Å². The summed E-state index contributed by atoms with van der Waals surface area (Å²) >= 11 is 0. The van der Waals surface area contributed by atoms with Crippen molar-refractivity contribution in [1.29, 1.82) is 0 Å². The first kappa shape index (κ1) is 21.1. The summed E-state index contributed by atoms with van der Waals surface area (Å²) in [5.41, 5.74) is 3.43. The lowest BCUT2D eigenvalue weighted by Gasteiger charge is -2.27. The van der Waals surface area contributed by atoms with Crippen LogP contribution in [0.1, 0.15) is 42.7 Å². The normalized spacial score (nSPS) is 18.2. The zero-order valence-electron chi connectivity index (χ0n) is 19.3. The third kappa shape index (κ3) is 3.83. The second-order valence-electron chi connectivity index (χ2n) is 8.65. The van der Waals surface area contributed by atoms with Gasteiger partial charge in [-0.2, -0.15) is 5.10 Å². The van der Waals surface area contributed by atoms with Crippen LogP contribution in [0, 0.1) is 0 Å². The number of carbonyl (C=O) groups is 1. The van der Waals surface area contributed by atoms with Gasteiger partial charge in [0, 0.05) is 43.3 Å². The van der Waals surface area contributed by atoms with Gasteiger partial charge in [0.05, 0.1) is 24.9 Å². The minimum Gasteiger partial charge on any atom is -0.465 e. The summed E-state index contributed by atoms with van der Waals surface area (Å²) in [6.07, 6.45) is 7.65. The number of anilines is 1. The molecule has 170 valence electrons. The van der Waals surface area contributed by atoms with Gasteiger partial charge in [0.2, 0.25) is 0 Å². The number of ether oxygens (including phenoxy) is 1. The molecule has 9 heteroatoms. The van der Waals surface area contributed by atoms with Crippen LogP contribution in [-0.4, -0.2) is 54.5 Å². The van der Waals surface area contributed by atoms with Gasteiger partial charge < -0.3 is 14.2 Å². The maximum atomic E-state index is 12.0. The third-order valence-corrected chi connectivity index (χ3v) is 6.32. The van der Waals surface area contributed by atoms with Crippen molar-refractivity contribution < 1.29 is 9.53 Å². The van der Waals surface area contributed by atoms with E-state index in [9.17, 15) is 4.79 Å². The Hall–Kier alpha value is -3.75. The molecule has 0 saturated carbocycles. The summed E-state index contributed by atoms with van der Waals surface area (Å²) in [6.45, 7) is 4.99. The highest BCUT2D eigenvalue weighted by Gasteiger charge is 2.28. The molecule has 2 atom stereocenters. The SMILES string of the molecule is COC(=O)c1cnc2c(c1)nc(-c1ccc(N3[C@@H](C)CC[C@@H]3C)nc1)n2Cc1ccn(C)n1. The number of carbonyl (C=O) groups excluding carboxylic acids is 1. The van der Waals surface area contributed by atoms with E-state index in [0.29, 0.717) is 35.4 Å². The summed E-state index contributed by atoms with van der Waals surface area (Å²) in [4.78, 5) is 28.5. The summed E-state index contributed by atoms with van der Waals surface area (Å²) < 4.78 is 8.62. The molecule has 4 aromatic rings.